The molecule has 0 saturated carbocycles. The zero-order chi connectivity index (χ0) is 11.3. The summed E-state index contributed by atoms with van der Waals surface area (Å²) >= 11 is 1.18. The maximum atomic E-state index is 11.3. The lowest BCUT2D eigenvalue weighted by molar-refractivity contribution is -0.116. The smallest absolute Gasteiger partial charge is 0.338 e. The van der Waals surface area contributed by atoms with E-state index in [-0.39, 0.29) is 17.9 Å². The van der Waals surface area contributed by atoms with Crippen LogP contribution < -0.4 is 5.32 Å². The Morgan fingerprint density at radius 1 is 1.60 bits per heavy atom. The summed E-state index contributed by atoms with van der Waals surface area (Å²) in [7, 11) is 0. The molecule has 0 atom stereocenters. The summed E-state index contributed by atoms with van der Waals surface area (Å²) in [6.45, 7) is 0. The molecule has 0 aliphatic heterocycles. The normalized spacial score (nSPS) is 9.27. The van der Waals surface area contributed by atoms with Gasteiger partial charge in [-0.1, -0.05) is 0 Å². The van der Waals surface area contributed by atoms with Gasteiger partial charge in [-0.05, 0) is 11.4 Å². The van der Waals surface area contributed by atoms with Gasteiger partial charge in [0.05, 0.1) is 5.56 Å². The van der Waals surface area contributed by atoms with Crippen LogP contribution in [0.15, 0.2) is 11.4 Å². The van der Waals surface area contributed by atoms with E-state index in [0.29, 0.717) is 11.4 Å². The van der Waals surface area contributed by atoms with Crippen molar-refractivity contribution in [3.8, 4) is 12.3 Å². The Hall–Kier alpha value is -1.80. The number of rotatable bonds is 4. The van der Waals surface area contributed by atoms with Crippen LogP contribution in [0.3, 0.4) is 0 Å². The fraction of sp³-hybridized carbons (Fsp3) is 0.200. The first kappa shape index (κ1) is 11.3. The largest absolute Gasteiger partial charge is 0.478 e. The van der Waals surface area contributed by atoms with E-state index in [1.165, 1.54) is 17.4 Å². The Bertz CT molecular complexity index is 417. The van der Waals surface area contributed by atoms with Crippen LogP contribution in [0.5, 0.6) is 0 Å². The molecule has 0 unspecified atom stereocenters. The SMILES string of the molecule is C#CCCC(=O)Nc1sccc1C(=O)O. The van der Waals surface area contributed by atoms with Crippen molar-refractivity contribution in [2.24, 2.45) is 0 Å². The minimum absolute atomic E-state index is 0.106. The number of carboxylic acids is 1. The van der Waals surface area contributed by atoms with E-state index in [0.717, 1.165) is 0 Å². The predicted molar refractivity (Wildman–Crippen MR) is 58.0 cm³/mol. The number of hydrogen-bond acceptors (Lipinski definition) is 3. The summed E-state index contributed by atoms with van der Waals surface area (Å²) in [4.78, 5) is 22.0. The van der Waals surface area contributed by atoms with E-state index >= 15 is 0 Å². The molecule has 0 radical (unpaired) electrons. The minimum Gasteiger partial charge on any atom is -0.478 e. The molecule has 4 nitrogen and oxygen atoms in total. The van der Waals surface area contributed by atoms with Crippen LogP contribution in [-0.2, 0) is 4.79 Å². The minimum atomic E-state index is -1.05. The average molecular weight is 223 g/mol. The van der Waals surface area contributed by atoms with Gasteiger partial charge in [0, 0.05) is 12.8 Å². The molecule has 2 N–H and O–H groups in total. The van der Waals surface area contributed by atoms with Crippen LogP contribution >= 0.6 is 11.3 Å². The molecule has 0 aromatic carbocycles. The summed E-state index contributed by atoms with van der Waals surface area (Å²) in [6.07, 6.45) is 5.56. The number of carboxylic acid groups (broad SMARTS) is 1. The molecule has 0 saturated heterocycles. The van der Waals surface area contributed by atoms with Crippen molar-refractivity contribution in [1.82, 2.24) is 0 Å². The number of nitrogens with one attached hydrogen (secondary N) is 1. The molecule has 15 heavy (non-hydrogen) atoms. The van der Waals surface area contributed by atoms with Crippen molar-refractivity contribution in [2.75, 3.05) is 5.32 Å². The molecular formula is C10H9NO3S. The van der Waals surface area contributed by atoms with Crippen molar-refractivity contribution in [3.05, 3.63) is 17.0 Å². The third kappa shape index (κ3) is 3.11. The number of thiophene rings is 1. The lowest BCUT2D eigenvalue weighted by atomic mass is 10.3. The van der Waals surface area contributed by atoms with Crippen LogP contribution in [0.25, 0.3) is 0 Å². The van der Waals surface area contributed by atoms with Gasteiger partial charge in [-0.2, -0.15) is 0 Å². The van der Waals surface area contributed by atoms with Crippen molar-refractivity contribution in [2.45, 2.75) is 12.8 Å². The summed E-state index contributed by atoms with van der Waals surface area (Å²) in [5.74, 6) is 1.02. The molecule has 5 heteroatoms. The van der Waals surface area contributed by atoms with Gasteiger partial charge in [0.2, 0.25) is 5.91 Å². The van der Waals surface area contributed by atoms with Crippen LogP contribution in [0, 0.1) is 12.3 Å². The fourth-order valence-corrected chi connectivity index (χ4v) is 1.74. The first-order chi connectivity index (χ1) is 7.15. The Kier molecular flexibility index (Phi) is 3.89. The first-order valence-corrected chi connectivity index (χ1v) is 5.07. The van der Waals surface area contributed by atoms with Gasteiger partial charge in [0.1, 0.15) is 5.00 Å². The van der Waals surface area contributed by atoms with Crippen molar-refractivity contribution in [1.29, 1.82) is 0 Å². The van der Waals surface area contributed by atoms with E-state index in [1.807, 2.05) is 0 Å². The molecule has 0 bridgehead atoms. The third-order valence-electron chi connectivity index (χ3n) is 1.64. The second-order valence-electron chi connectivity index (χ2n) is 2.72. The van der Waals surface area contributed by atoms with Gasteiger partial charge in [-0.15, -0.1) is 23.7 Å². The van der Waals surface area contributed by atoms with Gasteiger partial charge in [-0.25, -0.2) is 4.79 Å². The van der Waals surface area contributed by atoms with Gasteiger partial charge < -0.3 is 10.4 Å². The number of aromatic carboxylic acids is 1. The molecule has 78 valence electrons. The lowest BCUT2D eigenvalue weighted by Crippen LogP contribution is -2.12. The summed E-state index contributed by atoms with van der Waals surface area (Å²) < 4.78 is 0. The highest BCUT2D eigenvalue weighted by Gasteiger charge is 2.13. The average Bonchev–Trinajstić information content (AvgIpc) is 2.62. The quantitative estimate of drug-likeness (QED) is 0.765. The maximum Gasteiger partial charge on any atom is 0.338 e. The van der Waals surface area contributed by atoms with Gasteiger partial charge >= 0.3 is 5.97 Å². The number of carbonyl (C=O) groups is 2. The predicted octanol–water partition coefficient (Wildman–Crippen LogP) is 1.80. The number of anilines is 1. The molecule has 1 aromatic heterocycles. The van der Waals surface area contributed by atoms with Crippen LogP contribution in [0.4, 0.5) is 5.00 Å². The molecule has 1 rings (SSSR count). The van der Waals surface area contributed by atoms with E-state index in [1.54, 1.807) is 5.38 Å². The van der Waals surface area contributed by atoms with Gasteiger partial charge in [-0.3, -0.25) is 4.79 Å². The summed E-state index contributed by atoms with van der Waals surface area (Å²) in [6, 6.07) is 1.45. The van der Waals surface area contributed by atoms with E-state index in [9.17, 15) is 9.59 Å². The fourth-order valence-electron chi connectivity index (χ4n) is 0.949. The highest BCUT2D eigenvalue weighted by Crippen LogP contribution is 2.23. The highest BCUT2D eigenvalue weighted by atomic mass is 32.1. The molecule has 0 aliphatic rings. The third-order valence-corrected chi connectivity index (χ3v) is 2.47. The Labute approximate surface area is 90.9 Å². The van der Waals surface area contributed by atoms with E-state index in [2.05, 4.69) is 11.2 Å². The van der Waals surface area contributed by atoms with E-state index < -0.39 is 5.97 Å². The number of amides is 1. The van der Waals surface area contributed by atoms with Crippen LogP contribution in [-0.4, -0.2) is 17.0 Å². The molecule has 0 fully saturated rings. The molecule has 1 aromatic rings. The molecule has 0 aliphatic carbocycles. The first-order valence-electron chi connectivity index (χ1n) is 4.19. The number of carbonyl (C=O) groups excluding carboxylic acids is 1. The Morgan fingerprint density at radius 2 is 2.33 bits per heavy atom. The standard InChI is InChI=1S/C10H9NO3S/c1-2-3-4-8(12)11-9-7(10(13)14)5-6-15-9/h1,5-6H,3-4H2,(H,11,12)(H,13,14). The second kappa shape index (κ2) is 5.17. The highest BCUT2D eigenvalue weighted by molar-refractivity contribution is 7.14. The van der Waals surface area contributed by atoms with Gasteiger partial charge in [0.15, 0.2) is 0 Å². The maximum absolute atomic E-state index is 11.3. The van der Waals surface area contributed by atoms with Crippen molar-refractivity contribution in [3.63, 3.8) is 0 Å². The number of terminal acetylenes is 1. The van der Waals surface area contributed by atoms with E-state index in [4.69, 9.17) is 11.5 Å². The molecule has 1 amide bonds. The van der Waals surface area contributed by atoms with Crippen LogP contribution in [0.1, 0.15) is 23.2 Å². The summed E-state index contributed by atoms with van der Waals surface area (Å²) in [5.41, 5.74) is 0.106. The van der Waals surface area contributed by atoms with Crippen LogP contribution in [0.2, 0.25) is 0 Å². The lowest BCUT2D eigenvalue weighted by Gasteiger charge is -2.01. The zero-order valence-electron chi connectivity index (χ0n) is 7.82. The topological polar surface area (TPSA) is 66.4 Å². The summed E-state index contributed by atoms with van der Waals surface area (Å²) in [5, 5.41) is 13.2. The van der Waals surface area contributed by atoms with Crippen molar-refractivity contribution < 1.29 is 14.7 Å². The molecule has 0 spiro atoms. The molecular weight excluding hydrogens is 214 g/mol. The Morgan fingerprint density at radius 3 is 2.93 bits per heavy atom. The number of hydrogen-bond donors (Lipinski definition) is 2. The monoisotopic (exact) mass is 223 g/mol. The molecule has 1 heterocycles. The zero-order valence-corrected chi connectivity index (χ0v) is 8.63. The van der Waals surface area contributed by atoms with Crippen molar-refractivity contribution >= 4 is 28.2 Å². The van der Waals surface area contributed by atoms with Gasteiger partial charge in [0.25, 0.3) is 0 Å². The second-order valence-corrected chi connectivity index (χ2v) is 3.64. The Balaban J connectivity index is 2.65.